The SMILES string of the molecule is COc1ccc(Br)cc1CC(O)c1cc(C)c(F)cc1F. The Hall–Kier alpha value is -1.46. The highest BCUT2D eigenvalue weighted by molar-refractivity contribution is 9.10. The molecule has 0 heterocycles. The first-order valence-electron chi connectivity index (χ1n) is 6.38. The first-order chi connectivity index (χ1) is 9.92. The van der Waals surface area contributed by atoms with Crippen LogP contribution in [0.15, 0.2) is 34.8 Å². The van der Waals surface area contributed by atoms with Crippen LogP contribution in [0, 0.1) is 18.6 Å². The van der Waals surface area contributed by atoms with Crippen molar-refractivity contribution < 1.29 is 18.6 Å². The molecule has 0 fully saturated rings. The number of methoxy groups -OCH3 is 1. The summed E-state index contributed by atoms with van der Waals surface area (Å²) in [5.74, 6) is -0.764. The zero-order valence-corrected chi connectivity index (χ0v) is 13.2. The van der Waals surface area contributed by atoms with Gasteiger partial charge in [0, 0.05) is 22.5 Å². The molecule has 0 radical (unpaired) electrons. The third-order valence-corrected chi connectivity index (χ3v) is 3.79. The minimum atomic E-state index is -1.08. The number of benzene rings is 2. The molecule has 1 atom stereocenters. The molecule has 0 saturated heterocycles. The molecule has 2 rings (SSSR count). The van der Waals surface area contributed by atoms with Crippen LogP contribution >= 0.6 is 15.9 Å². The number of aliphatic hydroxyl groups excluding tert-OH is 1. The summed E-state index contributed by atoms with van der Waals surface area (Å²) in [4.78, 5) is 0. The number of hydrogen-bond acceptors (Lipinski definition) is 2. The quantitative estimate of drug-likeness (QED) is 0.883. The molecule has 0 saturated carbocycles. The van der Waals surface area contributed by atoms with E-state index < -0.39 is 17.7 Å². The predicted octanol–water partition coefficient (Wildman–Crippen LogP) is 4.32. The van der Waals surface area contributed by atoms with E-state index in [0.717, 1.165) is 16.1 Å². The van der Waals surface area contributed by atoms with E-state index in [2.05, 4.69) is 15.9 Å². The second kappa shape index (κ2) is 6.54. The van der Waals surface area contributed by atoms with Crippen LogP contribution in [-0.2, 0) is 6.42 Å². The van der Waals surface area contributed by atoms with Crippen molar-refractivity contribution in [3.05, 3.63) is 63.1 Å². The molecule has 21 heavy (non-hydrogen) atoms. The molecule has 0 aliphatic rings. The molecule has 1 N–H and O–H groups in total. The molecule has 0 aliphatic heterocycles. The van der Waals surface area contributed by atoms with Gasteiger partial charge in [-0.25, -0.2) is 8.78 Å². The smallest absolute Gasteiger partial charge is 0.131 e. The van der Waals surface area contributed by atoms with Gasteiger partial charge in [-0.3, -0.25) is 0 Å². The van der Waals surface area contributed by atoms with Gasteiger partial charge in [0.25, 0.3) is 0 Å². The summed E-state index contributed by atoms with van der Waals surface area (Å²) in [5.41, 5.74) is 1.11. The summed E-state index contributed by atoms with van der Waals surface area (Å²) in [7, 11) is 1.53. The number of halogens is 3. The fraction of sp³-hybridized carbons (Fsp3) is 0.250. The van der Waals surface area contributed by atoms with E-state index in [1.807, 2.05) is 6.07 Å². The minimum absolute atomic E-state index is 0.0796. The summed E-state index contributed by atoms with van der Waals surface area (Å²) in [6.45, 7) is 1.53. The van der Waals surface area contributed by atoms with Crippen LogP contribution in [0.4, 0.5) is 8.78 Å². The average molecular weight is 357 g/mol. The fourth-order valence-electron chi connectivity index (χ4n) is 2.16. The molecule has 2 aromatic carbocycles. The number of rotatable bonds is 4. The van der Waals surface area contributed by atoms with Gasteiger partial charge in [-0.05, 0) is 42.3 Å². The van der Waals surface area contributed by atoms with Crippen LogP contribution in [0.5, 0.6) is 5.75 Å². The Morgan fingerprint density at radius 2 is 1.90 bits per heavy atom. The maximum absolute atomic E-state index is 13.8. The molecule has 2 nitrogen and oxygen atoms in total. The Balaban J connectivity index is 2.32. The number of hydrogen-bond donors (Lipinski definition) is 1. The normalized spacial score (nSPS) is 12.3. The van der Waals surface area contributed by atoms with Crippen molar-refractivity contribution in [1.29, 1.82) is 0 Å². The Kier molecular flexibility index (Phi) is 4.96. The van der Waals surface area contributed by atoms with Crippen molar-refractivity contribution in [3.63, 3.8) is 0 Å². The highest BCUT2D eigenvalue weighted by Gasteiger charge is 2.18. The maximum Gasteiger partial charge on any atom is 0.131 e. The highest BCUT2D eigenvalue weighted by Crippen LogP contribution is 2.29. The van der Waals surface area contributed by atoms with Crippen LogP contribution in [0.1, 0.15) is 22.8 Å². The van der Waals surface area contributed by atoms with Crippen LogP contribution < -0.4 is 4.74 Å². The zero-order chi connectivity index (χ0) is 15.6. The lowest BCUT2D eigenvalue weighted by molar-refractivity contribution is 0.172. The maximum atomic E-state index is 13.8. The molecule has 0 aliphatic carbocycles. The van der Waals surface area contributed by atoms with Crippen molar-refractivity contribution in [1.82, 2.24) is 0 Å². The molecule has 0 amide bonds. The van der Waals surface area contributed by atoms with Gasteiger partial charge < -0.3 is 9.84 Å². The Labute approximate surface area is 130 Å². The van der Waals surface area contributed by atoms with Gasteiger partial charge in [-0.15, -0.1) is 0 Å². The lowest BCUT2D eigenvalue weighted by atomic mass is 9.98. The second-order valence-corrected chi connectivity index (χ2v) is 5.71. The van der Waals surface area contributed by atoms with Gasteiger partial charge in [0.2, 0.25) is 0 Å². The largest absolute Gasteiger partial charge is 0.496 e. The van der Waals surface area contributed by atoms with Crippen molar-refractivity contribution in [3.8, 4) is 5.75 Å². The average Bonchev–Trinajstić information content (AvgIpc) is 2.43. The Bertz CT molecular complexity index is 659. The summed E-state index contributed by atoms with van der Waals surface area (Å²) >= 11 is 3.35. The first-order valence-corrected chi connectivity index (χ1v) is 7.17. The molecular formula is C16H15BrF2O2. The molecule has 5 heteroatoms. The Morgan fingerprint density at radius 3 is 2.57 bits per heavy atom. The standard InChI is InChI=1S/C16H15BrF2O2/c1-9-5-12(14(19)8-13(9)18)15(20)7-10-6-11(17)3-4-16(10)21-2/h3-6,8,15,20H,7H2,1-2H3. The van der Waals surface area contributed by atoms with E-state index >= 15 is 0 Å². The molecule has 0 spiro atoms. The van der Waals surface area contributed by atoms with E-state index in [0.29, 0.717) is 11.3 Å². The van der Waals surface area contributed by atoms with Crippen LogP contribution in [0.25, 0.3) is 0 Å². The molecule has 112 valence electrons. The molecule has 1 unspecified atom stereocenters. The van der Waals surface area contributed by atoms with Crippen molar-refractivity contribution >= 4 is 15.9 Å². The summed E-state index contributed by atoms with van der Waals surface area (Å²) in [6.07, 6.45) is -0.905. The second-order valence-electron chi connectivity index (χ2n) is 4.80. The third-order valence-electron chi connectivity index (χ3n) is 3.29. The van der Waals surface area contributed by atoms with E-state index in [4.69, 9.17) is 4.74 Å². The first kappa shape index (κ1) is 15.9. The van der Waals surface area contributed by atoms with Gasteiger partial charge in [-0.2, -0.15) is 0 Å². The summed E-state index contributed by atoms with van der Waals surface area (Å²) < 4.78 is 33.1. The summed E-state index contributed by atoms with van der Waals surface area (Å²) in [6, 6.07) is 7.51. The van der Waals surface area contributed by atoms with E-state index in [-0.39, 0.29) is 12.0 Å². The van der Waals surface area contributed by atoms with Crippen LogP contribution in [0.2, 0.25) is 0 Å². The van der Waals surface area contributed by atoms with Crippen LogP contribution in [0.3, 0.4) is 0 Å². The lowest BCUT2D eigenvalue weighted by Crippen LogP contribution is -2.07. The predicted molar refractivity (Wildman–Crippen MR) is 80.5 cm³/mol. The van der Waals surface area contributed by atoms with Crippen molar-refractivity contribution in [2.24, 2.45) is 0 Å². The molecule has 0 aromatic heterocycles. The summed E-state index contributed by atoms with van der Waals surface area (Å²) in [5, 5.41) is 10.2. The Morgan fingerprint density at radius 1 is 1.19 bits per heavy atom. The highest BCUT2D eigenvalue weighted by atomic mass is 79.9. The number of ether oxygens (including phenoxy) is 1. The van der Waals surface area contributed by atoms with E-state index in [1.165, 1.54) is 20.1 Å². The van der Waals surface area contributed by atoms with E-state index in [1.54, 1.807) is 12.1 Å². The molecular weight excluding hydrogens is 342 g/mol. The minimum Gasteiger partial charge on any atom is -0.496 e. The van der Waals surface area contributed by atoms with Gasteiger partial charge in [0.15, 0.2) is 0 Å². The van der Waals surface area contributed by atoms with Gasteiger partial charge in [0.1, 0.15) is 17.4 Å². The zero-order valence-electron chi connectivity index (χ0n) is 11.7. The topological polar surface area (TPSA) is 29.5 Å². The fourth-order valence-corrected chi connectivity index (χ4v) is 2.57. The monoisotopic (exact) mass is 356 g/mol. The van der Waals surface area contributed by atoms with Gasteiger partial charge in [-0.1, -0.05) is 15.9 Å². The lowest BCUT2D eigenvalue weighted by Gasteiger charge is -2.15. The van der Waals surface area contributed by atoms with Crippen molar-refractivity contribution in [2.45, 2.75) is 19.4 Å². The van der Waals surface area contributed by atoms with Gasteiger partial charge >= 0.3 is 0 Å². The third kappa shape index (κ3) is 3.60. The van der Waals surface area contributed by atoms with E-state index in [9.17, 15) is 13.9 Å². The number of aliphatic hydroxyl groups is 1. The van der Waals surface area contributed by atoms with Crippen LogP contribution in [-0.4, -0.2) is 12.2 Å². The molecule has 2 aromatic rings. The van der Waals surface area contributed by atoms with Gasteiger partial charge in [0.05, 0.1) is 13.2 Å². The van der Waals surface area contributed by atoms with Crippen molar-refractivity contribution in [2.75, 3.05) is 7.11 Å². The number of aryl methyl sites for hydroxylation is 1. The molecule has 0 bridgehead atoms.